The molecule has 7 aliphatic rings. The van der Waals surface area contributed by atoms with Gasteiger partial charge in [-0.05, 0) is 96.9 Å². The number of unbranched alkanes of at least 4 members (excludes halogenated alkanes) is 1. The Morgan fingerprint density at radius 2 is 1.87 bits per heavy atom. The number of nitrogens with one attached hydrogen (secondary N) is 2. The molecule has 0 spiro atoms. The highest BCUT2D eigenvalue weighted by Gasteiger charge is 2.62. The number of hydrogen-bond donors (Lipinski definition) is 2. The van der Waals surface area contributed by atoms with Gasteiger partial charge in [-0.2, -0.15) is 0 Å². The Kier molecular flexibility index (Phi) is 10.2. The molecule has 3 heterocycles. The summed E-state index contributed by atoms with van der Waals surface area (Å²) in [6.07, 6.45) is 10.2. The van der Waals surface area contributed by atoms with Crippen LogP contribution in [-0.2, 0) is 23.9 Å². The number of ketones is 2. The predicted molar refractivity (Wildman–Crippen MR) is 175 cm³/mol. The summed E-state index contributed by atoms with van der Waals surface area (Å²) in [6, 6.07) is -0.938. The fourth-order valence-electron chi connectivity index (χ4n) is 9.98. The number of rotatable bonds is 11. The Labute approximate surface area is 278 Å². The molecule has 260 valence electrons. The molecule has 3 saturated carbocycles. The van der Waals surface area contributed by atoms with Gasteiger partial charge in [-0.1, -0.05) is 12.2 Å². The molecule has 0 aromatic carbocycles. The van der Waals surface area contributed by atoms with Gasteiger partial charge in [0.05, 0.1) is 49.1 Å². The number of alkyl halides is 1. The van der Waals surface area contributed by atoms with Crippen LogP contribution in [0.4, 0.5) is 4.39 Å². The monoisotopic (exact) mass is 655 g/mol. The van der Waals surface area contributed by atoms with Crippen molar-refractivity contribution in [3.05, 3.63) is 23.9 Å². The molecule has 0 bridgehead atoms. The summed E-state index contributed by atoms with van der Waals surface area (Å²) in [4.78, 5) is 47.9. The Bertz CT molecular complexity index is 1240. The van der Waals surface area contributed by atoms with Crippen LogP contribution in [0.15, 0.2) is 23.9 Å². The van der Waals surface area contributed by atoms with Gasteiger partial charge in [0.2, 0.25) is 0 Å². The number of hydrogen-bond acceptors (Lipinski definition) is 9. The Morgan fingerprint density at radius 3 is 2.68 bits per heavy atom. The van der Waals surface area contributed by atoms with Crippen LogP contribution in [0.25, 0.3) is 0 Å². The number of Topliss-reactive ketones (excluding diaryl/α,β-unsaturated/α-hetero) is 2. The van der Waals surface area contributed by atoms with Crippen molar-refractivity contribution in [1.82, 2.24) is 25.3 Å². The number of morpholine rings is 2. The first-order valence-corrected chi connectivity index (χ1v) is 18.3. The maximum atomic E-state index is 16.2. The van der Waals surface area contributed by atoms with Gasteiger partial charge < -0.3 is 29.9 Å². The van der Waals surface area contributed by atoms with Crippen LogP contribution in [0, 0.1) is 29.6 Å². The number of fused-ring (bicyclic) bond motifs is 5. The molecule has 1 amide bonds. The quantitative estimate of drug-likeness (QED) is 0.197. The zero-order chi connectivity index (χ0) is 32.7. The first-order valence-electron chi connectivity index (χ1n) is 18.3. The lowest BCUT2D eigenvalue weighted by Gasteiger charge is -2.60. The zero-order valence-electron chi connectivity index (χ0n) is 28.2. The average Bonchev–Trinajstić information content (AvgIpc) is 3.34. The average molecular weight is 656 g/mol. The summed E-state index contributed by atoms with van der Waals surface area (Å²) in [5, 5.41) is 6.50. The Balaban J connectivity index is 1.12. The zero-order valence-corrected chi connectivity index (χ0v) is 28.2. The fraction of sp³-hybridized carbons (Fsp3) is 0.806. The van der Waals surface area contributed by atoms with E-state index in [1.165, 1.54) is 0 Å². The topological polar surface area (TPSA) is 103 Å². The summed E-state index contributed by atoms with van der Waals surface area (Å²) in [5.74, 6) is -0.391. The number of carbonyl (C=O) groups excluding carboxylic acids is 3. The molecule has 3 aliphatic heterocycles. The molecule has 7 rings (SSSR count). The third-order valence-electron chi connectivity index (χ3n) is 12.3. The lowest BCUT2D eigenvalue weighted by molar-refractivity contribution is -0.206. The molecule has 47 heavy (non-hydrogen) atoms. The van der Waals surface area contributed by atoms with Crippen molar-refractivity contribution in [3.63, 3.8) is 0 Å². The van der Waals surface area contributed by atoms with Gasteiger partial charge in [-0.25, -0.2) is 4.39 Å². The summed E-state index contributed by atoms with van der Waals surface area (Å²) < 4.78 is 28.6. The number of nitrogens with zero attached hydrogens (tertiary/aromatic N) is 3. The fourth-order valence-corrected chi connectivity index (χ4v) is 9.98. The first kappa shape index (κ1) is 33.3. The number of carbonyl (C=O) groups is 3. The van der Waals surface area contributed by atoms with Gasteiger partial charge in [0.15, 0.2) is 5.78 Å². The minimum absolute atomic E-state index is 0.0163. The Morgan fingerprint density at radius 1 is 1.04 bits per heavy atom. The Hall–Kier alpha value is -2.18. The molecule has 0 aromatic rings. The molecule has 11 atom stereocenters. The van der Waals surface area contributed by atoms with Crippen molar-refractivity contribution in [2.45, 2.75) is 87.9 Å². The van der Waals surface area contributed by atoms with E-state index < -0.39 is 24.2 Å². The van der Waals surface area contributed by atoms with Gasteiger partial charge in [-0.15, -0.1) is 0 Å². The van der Waals surface area contributed by atoms with Crippen molar-refractivity contribution < 1.29 is 28.2 Å². The van der Waals surface area contributed by atoms with Crippen LogP contribution in [0.2, 0.25) is 0 Å². The van der Waals surface area contributed by atoms with Gasteiger partial charge in [0, 0.05) is 43.6 Å². The lowest BCUT2D eigenvalue weighted by atomic mass is 9.66. The third-order valence-corrected chi connectivity index (χ3v) is 12.3. The van der Waals surface area contributed by atoms with E-state index in [4.69, 9.17) is 9.47 Å². The van der Waals surface area contributed by atoms with Gasteiger partial charge in [-0.3, -0.25) is 19.3 Å². The highest BCUT2D eigenvalue weighted by molar-refractivity contribution is 6.20. The van der Waals surface area contributed by atoms with Crippen molar-refractivity contribution >= 4 is 17.5 Å². The van der Waals surface area contributed by atoms with Crippen LogP contribution in [-0.4, -0.2) is 135 Å². The van der Waals surface area contributed by atoms with E-state index in [0.717, 1.165) is 77.9 Å². The molecular formula is C36H54FN5O5. The highest BCUT2D eigenvalue weighted by Crippen LogP contribution is 2.54. The maximum absolute atomic E-state index is 16.2. The molecule has 0 radical (unpaired) electrons. The summed E-state index contributed by atoms with van der Waals surface area (Å²) in [7, 11) is 4.05. The van der Waals surface area contributed by atoms with Gasteiger partial charge in [0.1, 0.15) is 12.0 Å². The standard InChI is InChI=1S/C36H54FN5O5/c1-40(2)12-6-5-10-39-36(45)27-21-42-29-19-24-22-8-3-4-9-23(22)33(43)25(24)20-30(29)47-35-31(28(37)18-26(32(35)42)34(27)44)38-11-7-13-41-14-16-46-17-15-41/h4,9,21-26,28-32,35,38H,3,5-8,10-20H2,1-2H3,(H,39,45). The molecular weight excluding hydrogens is 601 g/mol. The van der Waals surface area contributed by atoms with Gasteiger partial charge >= 0.3 is 0 Å². The molecule has 2 N–H and O–H groups in total. The molecule has 5 fully saturated rings. The van der Waals surface area contributed by atoms with Crippen molar-refractivity contribution in [3.8, 4) is 0 Å². The minimum Gasteiger partial charge on any atom is -0.379 e. The highest BCUT2D eigenvalue weighted by atomic mass is 19.1. The third kappa shape index (κ3) is 6.59. The molecule has 4 aliphatic carbocycles. The normalized spacial score (nSPS) is 39.6. The van der Waals surface area contributed by atoms with E-state index in [0.29, 0.717) is 31.2 Å². The second kappa shape index (κ2) is 14.4. The largest absolute Gasteiger partial charge is 0.379 e. The SMILES string of the molecule is CN(C)CCCCNC(=O)C1=CN2C3CC4C(CC3OC3C(NCCCN5CCOCC5)C(F)CC(C1=O)C32)C(=O)C1C=CCCC14. The number of ether oxygens (including phenoxy) is 2. The van der Waals surface area contributed by atoms with E-state index in [2.05, 4.69) is 37.5 Å². The molecule has 10 nitrogen and oxygen atoms in total. The van der Waals surface area contributed by atoms with Gasteiger partial charge in [0.25, 0.3) is 5.91 Å². The maximum Gasteiger partial charge on any atom is 0.256 e. The molecule has 11 heteroatoms. The van der Waals surface area contributed by atoms with Crippen molar-refractivity contribution in [2.24, 2.45) is 29.6 Å². The molecule has 2 saturated heterocycles. The first-order chi connectivity index (χ1) is 22.8. The lowest BCUT2D eigenvalue weighted by Crippen LogP contribution is -2.73. The minimum atomic E-state index is -1.28. The molecule has 0 aromatic heterocycles. The smallest absolute Gasteiger partial charge is 0.256 e. The van der Waals surface area contributed by atoms with E-state index in [9.17, 15) is 14.4 Å². The summed E-state index contributed by atoms with van der Waals surface area (Å²) in [5.41, 5.74) is 0.144. The van der Waals surface area contributed by atoms with E-state index in [-0.39, 0.29) is 59.6 Å². The number of halogens is 1. The predicted octanol–water partition coefficient (Wildman–Crippen LogP) is 1.95. The van der Waals surface area contributed by atoms with E-state index >= 15 is 4.39 Å². The number of allylic oxidation sites excluding steroid dienone is 2. The van der Waals surface area contributed by atoms with Crippen LogP contribution in [0.5, 0.6) is 0 Å². The van der Waals surface area contributed by atoms with Crippen molar-refractivity contribution in [2.75, 3.05) is 66.6 Å². The second-order valence-electron chi connectivity index (χ2n) is 15.3. The van der Waals surface area contributed by atoms with Crippen LogP contribution in [0.1, 0.15) is 51.4 Å². The van der Waals surface area contributed by atoms with E-state index in [1.54, 1.807) is 6.20 Å². The van der Waals surface area contributed by atoms with Crippen LogP contribution in [0.3, 0.4) is 0 Å². The van der Waals surface area contributed by atoms with Crippen molar-refractivity contribution in [1.29, 1.82) is 0 Å². The van der Waals surface area contributed by atoms with Crippen LogP contribution >= 0.6 is 0 Å². The summed E-state index contributed by atoms with van der Waals surface area (Å²) in [6.45, 7) is 6.34. The number of amides is 1. The molecule has 11 unspecified atom stereocenters. The van der Waals surface area contributed by atoms with Crippen LogP contribution < -0.4 is 10.6 Å². The summed E-state index contributed by atoms with van der Waals surface area (Å²) >= 11 is 0. The second-order valence-corrected chi connectivity index (χ2v) is 15.3. The van der Waals surface area contributed by atoms with E-state index in [1.807, 2.05) is 14.1 Å².